The summed E-state index contributed by atoms with van der Waals surface area (Å²) in [5.74, 6) is 0.0606. The van der Waals surface area contributed by atoms with E-state index < -0.39 is 11.9 Å². The number of hydrogen-bond acceptors (Lipinski definition) is 8. The van der Waals surface area contributed by atoms with Crippen molar-refractivity contribution in [2.75, 3.05) is 23.8 Å². The molecule has 0 amide bonds. The van der Waals surface area contributed by atoms with Crippen LogP contribution in [0.5, 0.6) is 11.5 Å². The van der Waals surface area contributed by atoms with Gasteiger partial charge in [-0.25, -0.2) is 9.37 Å². The van der Waals surface area contributed by atoms with Crippen LogP contribution in [0.4, 0.5) is 27.5 Å². The molecule has 0 spiro atoms. The van der Waals surface area contributed by atoms with Gasteiger partial charge in [-0.3, -0.25) is 0 Å². The number of aliphatic hydroxyl groups is 2. The van der Waals surface area contributed by atoms with Gasteiger partial charge in [-0.1, -0.05) is 6.07 Å². The van der Waals surface area contributed by atoms with Gasteiger partial charge in [0, 0.05) is 17.4 Å². The van der Waals surface area contributed by atoms with E-state index in [9.17, 15) is 14.6 Å². The van der Waals surface area contributed by atoms with Crippen molar-refractivity contribution in [3.05, 3.63) is 60.5 Å². The highest BCUT2D eigenvalue weighted by atomic mass is 19.1. The van der Waals surface area contributed by atoms with Gasteiger partial charge in [0.25, 0.3) is 0 Å². The highest BCUT2D eigenvalue weighted by Crippen LogP contribution is 2.23. The lowest BCUT2D eigenvalue weighted by Gasteiger charge is -2.11. The van der Waals surface area contributed by atoms with Crippen LogP contribution in [0.3, 0.4) is 0 Å². The minimum atomic E-state index is -0.942. The third-order valence-electron chi connectivity index (χ3n) is 3.62. The lowest BCUT2D eigenvalue weighted by molar-refractivity contribution is 0.0536. The number of nitrogens with one attached hydrogen (secondary N) is 2. The van der Waals surface area contributed by atoms with Gasteiger partial charge in [0.05, 0.1) is 12.8 Å². The number of phenolic OH excluding ortho intramolecular Hbond substituents is 1. The second-order valence-electron chi connectivity index (χ2n) is 5.86. The highest BCUT2D eigenvalue weighted by molar-refractivity contribution is 5.61. The Kier molecular flexibility index (Phi) is 6.20. The van der Waals surface area contributed by atoms with E-state index in [1.54, 1.807) is 36.4 Å². The van der Waals surface area contributed by atoms with Gasteiger partial charge in [0.1, 0.15) is 24.2 Å². The number of aromatic hydroxyl groups is 1. The molecule has 0 aliphatic rings. The molecule has 1 aromatic heterocycles. The summed E-state index contributed by atoms with van der Waals surface area (Å²) in [6, 6.07) is 13.0. The van der Waals surface area contributed by atoms with E-state index in [2.05, 4.69) is 20.6 Å². The molecule has 0 aliphatic carbocycles. The molecule has 28 heavy (non-hydrogen) atoms. The maximum absolute atomic E-state index is 14.0. The number of rotatable bonds is 8. The Hall–Kier alpha value is -3.43. The fourth-order valence-corrected chi connectivity index (χ4v) is 2.24. The fraction of sp³-hybridized carbons (Fsp3) is 0.158. The van der Waals surface area contributed by atoms with Crippen molar-refractivity contribution < 1.29 is 24.4 Å². The van der Waals surface area contributed by atoms with Gasteiger partial charge < -0.3 is 30.7 Å². The predicted octanol–water partition coefficient (Wildman–Crippen LogP) is 2.54. The Morgan fingerprint density at radius 2 is 1.86 bits per heavy atom. The second kappa shape index (κ2) is 8.98. The quantitative estimate of drug-likeness (QED) is 0.401. The summed E-state index contributed by atoms with van der Waals surface area (Å²) in [5.41, 5.74) is 1.13. The molecule has 9 heteroatoms. The second-order valence-corrected chi connectivity index (χ2v) is 5.86. The average molecular weight is 386 g/mol. The first-order chi connectivity index (χ1) is 13.5. The molecule has 1 unspecified atom stereocenters. The lowest BCUT2D eigenvalue weighted by Crippen LogP contribution is -2.21. The SMILES string of the molecule is OCC(O)COc1ccc(Nc2ncc(F)c(Nc3cccc(O)c3)n2)cc1. The molecule has 3 rings (SSSR count). The summed E-state index contributed by atoms with van der Waals surface area (Å²) in [6.07, 6.45) is 0.0941. The van der Waals surface area contributed by atoms with Crippen LogP contribution in [0.25, 0.3) is 0 Å². The summed E-state index contributed by atoms with van der Waals surface area (Å²) in [7, 11) is 0. The van der Waals surface area contributed by atoms with Gasteiger partial charge >= 0.3 is 0 Å². The molecular weight excluding hydrogens is 367 g/mol. The summed E-state index contributed by atoms with van der Waals surface area (Å²) in [6.45, 7) is -0.394. The summed E-state index contributed by atoms with van der Waals surface area (Å²) >= 11 is 0. The first kappa shape index (κ1) is 19.3. The minimum absolute atomic E-state index is 0.0194. The van der Waals surface area contributed by atoms with E-state index in [0.29, 0.717) is 17.1 Å². The monoisotopic (exact) mass is 386 g/mol. The first-order valence-corrected chi connectivity index (χ1v) is 8.41. The Balaban J connectivity index is 1.67. The van der Waals surface area contributed by atoms with Gasteiger partial charge in [-0.05, 0) is 36.4 Å². The molecule has 5 N–H and O–H groups in total. The number of phenols is 1. The van der Waals surface area contributed by atoms with Crippen LogP contribution in [0, 0.1) is 5.82 Å². The molecule has 0 aliphatic heterocycles. The number of aliphatic hydroxyl groups excluding tert-OH is 2. The van der Waals surface area contributed by atoms with Crippen molar-refractivity contribution in [1.29, 1.82) is 0 Å². The van der Waals surface area contributed by atoms with E-state index in [0.717, 1.165) is 6.20 Å². The average Bonchev–Trinajstić information content (AvgIpc) is 2.70. The van der Waals surface area contributed by atoms with Crippen molar-refractivity contribution in [1.82, 2.24) is 9.97 Å². The topological polar surface area (TPSA) is 120 Å². The third kappa shape index (κ3) is 5.29. The van der Waals surface area contributed by atoms with Crippen molar-refractivity contribution in [3.8, 4) is 11.5 Å². The maximum atomic E-state index is 14.0. The van der Waals surface area contributed by atoms with Gasteiger partial charge in [0.15, 0.2) is 11.6 Å². The zero-order valence-corrected chi connectivity index (χ0v) is 14.7. The summed E-state index contributed by atoms with van der Waals surface area (Å²) in [5, 5.41) is 33.3. The van der Waals surface area contributed by atoms with Crippen LogP contribution in [0.15, 0.2) is 54.7 Å². The van der Waals surface area contributed by atoms with E-state index >= 15 is 0 Å². The van der Waals surface area contributed by atoms with Gasteiger partial charge in [0.2, 0.25) is 5.95 Å². The van der Waals surface area contributed by atoms with E-state index in [-0.39, 0.29) is 30.7 Å². The summed E-state index contributed by atoms with van der Waals surface area (Å²) in [4.78, 5) is 8.01. The highest BCUT2D eigenvalue weighted by Gasteiger charge is 2.09. The first-order valence-electron chi connectivity index (χ1n) is 8.41. The number of aromatic nitrogens is 2. The summed E-state index contributed by atoms with van der Waals surface area (Å²) < 4.78 is 19.3. The van der Waals surface area contributed by atoms with Crippen LogP contribution < -0.4 is 15.4 Å². The molecule has 1 atom stereocenters. The van der Waals surface area contributed by atoms with Crippen molar-refractivity contribution in [2.24, 2.45) is 0 Å². The predicted molar refractivity (Wildman–Crippen MR) is 102 cm³/mol. The van der Waals surface area contributed by atoms with Gasteiger partial charge in [-0.2, -0.15) is 4.98 Å². The molecule has 146 valence electrons. The van der Waals surface area contributed by atoms with Crippen LogP contribution in [-0.2, 0) is 0 Å². The van der Waals surface area contributed by atoms with Crippen LogP contribution in [0.2, 0.25) is 0 Å². The van der Waals surface area contributed by atoms with Crippen LogP contribution in [-0.4, -0.2) is 44.6 Å². The molecule has 3 aromatic rings. The number of halogens is 1. The van der Waals surface area contributed by atoms with Crippen LogP contribution >= 0.6 is 0 Å². The Morgan fingerprint density at radius 1 is 1.07 bits per heavy atom. The zero-order chi connectivity index (χ0) is 19.9. The van der Waals surface area contributed by atoms with Gasteiger partial charge in [-0.15, -0.1) is 0 Å². The van der Waals surface area contributed by atoms with Crippen molar-refractivity contribution >= 4 is 23.1 Å². The largest absolute Gasteiger partial charge is 0.508 e. The molecule has 8 nitrogen and oxygen atoms in total. The molecular formula is C19H19FN4O4. The number of anilines is 4. The third-order valence-corrected chi connectivity index (χ3v) is 3.62. The Morgan fingerprint density at radius 3 is 2.57 bits per heavy atom. The number of ether oxygens (including phenoxy) is 1. The number of benzene rings is 2. The molecule has 0 bridgehead atoms. The van der Waals surface area contributed by atoms with E-state index in [4.69, 9.17) is 9.84 Å². The molecule has 0 saturated carbocycles. The lowest BCUT2D eigenvalue weighted by atomic mass is 10.3. The normalized spacial score (nSPS) is 11.7. The van der Waals surface area contributed by atoms with E-state index in [1.165, 1.54) is 12.1 Å². The zero-order valence-electron chi connectivity index (χ0n) is 14.7. The smallest absolute Gasteiger partial charge is 0.229 e. The Labute approximate surface area is 160 Å². The fourth-order valence-electron chi connectivity index (χ4n) is 2.24. The van der Waals surface area contributed by atoms with Crippen LogP contribution in [0.1, 0.15) is 0 Å². The van der Waals surface area contributed by atoms with Crippen molar-refractivity contribution in [3.63, 3.8) is 0 Å². The molecule has 2 aromatic carbocycles. The number of hydrogen-bond donors (Lipinski definition) is 5. The van der Waals surface area contributed by atoms with E-state index in [1.807, 2.05) is 0 Å². The number of nitrogens with zero attached hydrogens (tertiary/aromatic N) is 2. The minimum Gasteiger partial charge on any atom is -0.508 e. The molecule has 0 radical (unpaired) electrons. The standard InChI is InChI=1S/C19H19FN4O4/c20-17-9-21-19(24-18(17)22-13-2-1-3-14(26)8-13)23-12-4-6-16(7-5-12)28-11-15(27)10-25/h1-9,15,25-27H,10-11H2,(H2,21,22,23,24). The Bertz CT molecular complexity index is 924. The molecule has 0 fully saturated rings. The molecule has 1 heterocycles. The maximum Gasteiger partial charge on any atom is 0.229 e. The molecule has 0 saturated heterocycles. The van der Waals surface area contributed by atoms with Crippen molar-refractivity contribution in [2.45, 2.75) is 6.10 Å².